The van der Waals surface area contributed by atoms with Gasteiger partial charge in [0.05, 0.1) is 0 Å². The monoisotopic (exact) mass is 645 g/mol. The van der Waals surface area contributed by atoms with E-state index in [1.54, 1.807) is 12.1 Å². The summed E-state index contributed by atoms with van der Waals surface area (Å²) in [6.45, 7) is 0. The first-order valence-electron chi connectivity index (χ1n) is 10.5. The summed E-state index contributed by atoms with van der Waals surface area (Å²) in [7, 11) is 0. The van der Waals surface area contributed by atoms with Crippen molar-refractivity contribution in [2.75, 3.05) is 0 Å². The van der Waals surface area contributed by atoms with Crippen molar-refractivity contribution < 1.29 is 33.3 Å². The van der Waals surface area contributed by atoms with Gasteiger partial charge in [0.25, 0.3) is 0 Å². The number of hydrogen-bond donors (Lipinski definition) is 0. The standard InChI is InChI=1S/C17H12N.C12H7F3N.Ir/c1-3-7-14(8-4-1)16-11-12-17(18-13-16)15-9-5-2-6-10-15;13-12(14,15)10-6-2-1-5-9(10)11-7-3-4-8-16-11;/h1-9,11-13H;1-4,6-8H;/q2*-1;. The zero-order chi connectivity index (χ0) is 23.8. The maximum Gasteiger partial charge on any atom is 0.381 e. The number of halogens is 3. The largest absolute Gasteiger partial charge is 0.381 e. The van der Waals surface area contributed by atoms with Crippen LogP contribution in [0.3, 0.4) is 0 Å². The van der Waals surface area contributed by atoms with Gasteiger partial charge in [-0.2, -0.15) is 13.2 Å². The number of rotatable bonds is 3. The van der Waals surface area contributed by atoms with Gasteiger partial charge in [-0.3, -0.25) is 0 Å². The van der Waals surface area contributed by atoms with E-state index in [-0.39, 0.29) is 31.4 Å². The van der Waals surface area contributed by atoms with Crippen LogP contribution in [0.25, 0.3) is 33.6 Å². The molecule has 0 saturated carbocycles. The van der Waals surface area contributed by atoms with E-state index >= 15 is 0 Å². The molecule has 0 N–H and O–H groups in total. The quantitative estimate of drug-likeness (QED) is 0.188. The molecule has 0 unspecified atom stereocenters. The molecule has 6 heteroatoms. The molecule has 2 aromatic heterocycles. The predicted molar refractivity (Wildman–Crippen MR) is 127 cm³/mol. The van der Waals surface area contributed by atoms with E-state index in [9.17, 15) is 13.2 Å². The Bertz CT molecular complexity index is 1250. The van der Waals surface area contributed by atoms with Gasteiger partial charge < -0.3 is 9.97 Å². The van der Waals surface area contributed by atoms with Gasteiger partial charge >= 0.3 is 6.18 Å². The van der Waals surface area contributed by atoms with E-state index in [2.05, 4.69) is 40.3 Å². The van der Waals surface area contributed by atoms with Crippen LogP contribution in [0.1, 0.15) is 5.56 Å². The van der Waals surface area contributed by atoms with Crippen LogP contribution in [0, 0.1) is 12.1 Å². The summed E-state index contributed by atoms with van der Waals surface area (Å²) >= 11 is 0. The summed E-state index contributed by atoms with van der Waals surface area (Å²) in [5, 5.41) is 0. The normalized spacial score (nSPS) is 10.5. The molecule has 0 bridgehead atoms. The van der Waals surface area contributed by atoms with Gasteiger partial charge in [0, 0.05) is 32.5 Å². The topological polar surface area (TPSA) is 25.8 Å². The third-order valence-corrected chi connectivity index (χ3v) is 4.94. The molecule has 0 fully saturated rings. The summed E-state index contributed by atoms with van der Waals surface area (Å²) in [5.41, 5.74) is 3.84. The van der Waals surface area contributed by atoms with Crippen molar-refractivity contribution in [3.05, 3.63) is 133 Å². The number of aromatic nitrogens is 2. The summed E-state index contributed by atoms with van der Waals surface area (Å²) in [4.78, 5) is 8.39. The second-order valence-corrected chi connectivity index (χ2v) is 7.25. The second kappa shape index (κ2) is 12.2. The first-order chi connectivity index (χ1) is 16.5. The third kappa shape index (κ3) is 6.95. The van der Waals surface area contributed by atoms with Crippen LogP contribution in [0.4, 0.5) is 13.2 Å². The maximum absolute atomic E-state index is 12.7. The fourth-order valence-electron chi connectivity index (χ4n) is 3.30. The Kier molecular flexibility index (Phi) is 9.07. The van der Waals surface area contributed by atoms with Crippen molar-refractivity contribution in [2.45, 2.75) is 6.18 Å². The maximum atomic E-state index is 12.7. The SMILES string of the molecule is FC(F)(F)c1ccc[c-]c1-c1ccccn1.[Ir].[c-]1ccccc1-c1ccc(-c2ccccc2)cn1. The van der Waals surface area contributed by atoms with E-state index in [1.165, 1.54) is 30.0 Å². The van der Waals surface area contributed by atoms with Crippen molar-refractivity contribution in [2.24, 2.45) is 0 Å². The molecule has 5 aromatic rings. The van der Waals surface area contributed by atoms with Gasteiger partial charge in [-0.25, -0.2) is 0 Å². The minimum absolute atomic E-state index is 0. The van der Waals surface area contributed by atoms with Crippen molar-refractivity contribution in [1.82, 2.24) is 9.97 Å². The van der Waals surface area contributed by atoms with Gasteiger partial charge in [-0.15, -0.1) is 65.7 Å². The van der Waals surface area contributed by atoms with Crippen molar-refractivity contribution in [3.63, 3.8) is 0 Å². The van der Waals surface area contributed by atoms with Gasteiger partial charge in [-0.1, -0.05) is 54.6 Å². The molecule has 0 aliphatic carbocycles. The smallest absolute Gasteiger partial charge is 0.305 e. The molecule has 5 rings (SSSR count). The van der Waals surface area contributed by atoms with Gasteiger partial charge in [0.2, 0.25) is 0 Å². The number of hydrogen-bond acceptors (Lipinski definition) is 2. The Morgan fingerprint density at radius 1 is 0.600 bits per heavy atom. The average Bonchev–Trinajstić information content (AvgIpc) is 2.90. The van der Waals surface area contributed by atoms with Crippen LogP contribution in [0.15, 0.2) is 116 Å². The molecule has 0 spiro atoms. The molecule has 2 nitrogen and oxygen atoms in total. The minimum atomic E-state index is -4.38. The van der Waals surface area contributed by atoms with Gasteiger partial charge in [-0.05, 0) is 34.1 Å². The van der Waals surface area contributed by atoms with Crippen molar-refractivity contribution in [1.29, 1.82) is 0 Å². The van der Waals surface area contributed by atoms with Crippen LogP contribution >= 0.6 is 0 Å². The van der Waals surface area contributed by atoms with Crippen LogP contribution in [-0.4, -0.2) is 9.97 Å². The van der Waals surface area contributed by atoms with Crippen LogP contribution in [0.5, 0.6) is 0 Å². The number of benzene rings is 3. The molecule has 1 radical (unpaired) electrons. The molecule has 0 atom stereocenters. The molecule has 3 aromatic carbocycles. The van der Waals surface area contributed by atoms with Gasteiger partial charge in [0.15, 0.2) is 0 Å². The molecule has 0 aliphatic rings. The molecule has 0 saturated heterocycles. The van der Waals surface area contributed by atoms with Crippen molar-refractivity contribution >= 4 is 0 Å². The average molecular weight is 645 g/mol. The Balaban J connectivity index is 0.000000192. The predicted octanol–water partition coefficient (Wildman–Crippen LogP) is 7.78. The van der Waals surface area contributed by atoms with Crippen LogP contribution in [0.2, 0.25) is 0 Å². The Hall–Kier alpha value is -3.60. The number of pyridine rings is 2. The molecule has 0 aliphatic heterocycles. The molecule has 177 valence electrons. The van der Waals surface area contributed by atoms with E-state index in [0.29, 0.717) is 0 Å². The molecule has 0 amide bonds. The summed E-state index contributed by atoms with van der Waals surface area (Å²) in [5.74, 6) is 0. The Labute approximate surface area is 215 Å². The molecule has 2 heterocycles. The Morgan fingerprint density at radius 3 is 1.97 bits per heavy atom. The molecular formula is C29H19F3IrN2-2. The first-order valence-corrected chi connectivity index (χ1v) is 10.5. The Morgan fingerprint density at radius 2 is 1.34 bits per heavy atom. The zero-order valence-corrected chi connectivity index (χ0v) is 20.7. The van der Waals surface area contributed by atoms with Gasteiger partial charge in [0.1, 0.15) is 0 Å². The van der Waals surface area contributed by atoms with E-state index < -0.39 is 11.7 Å². The van der Waals surface area contributed by atoms with E-state index in [4.69, 9.17) is 0 Å². The molecule has 35 heavy (non-hydrogen) atoms. The van der Waals surface area contributed by atoms with E-state index in [0.717, 1.165) is 22.9 Å². The number of alkyl halides is 3. The molecular weight excluding hydrogens is 626 g/mol. The minimum Gasteiger partial charge on any atom is -0.305 e. The summed E-state index contributed by atoms with van der Waals surface area (Å²) in [6, 6.07) is 36.6. The fourth-order valence-corrected chi connectivity index (χ4v) is 3.30. The van der Waals surface area contributed by atoms with Crippen LogP contribution in [-0.2, 0) is 26.3 Å². The number of nitrogens with zero attached hydrogens (tertiary/aromatic N) is 2. The van der Waals surface area contributed by atoms with Crippen molar-refractivity contribution in [3.8, 4) is 33.6 Å². The second-order valence-electron chi connectivity index (χ2n) is 7.25. The summed E-state index contributed by atoms with van der Waals surface area (Å²) in [6.07, 6.45) is -1.02. The zero-order valence-electron chi connectivity index (χ0n) is 18.3. The fraction of sp³-hybridized carbons (Fsp3) is 0.0345. The summed E-state index contributed by atoms with van der Waals surface area (Å²) < 4.78 is 38.1. The third-order valence-electron chi connectivity index (χ3n) is 4.94. The first kappa shape index (κ1) is 26.0. The van der Waals surface area contributed by atoms with E-state index in [1.807, 2.05) is 54.7 Å². The van der Waals surface area contributed by atoms with Crippen LogP contribution < -0.4 is 0 Å².